The summed E-state index contributed by atoms with van der Waals surface area (Å²) in [5.74, 6) is -0.151. The summed E-state index contributed by atoms with van der Waals surface area (Å²) in [5, 5.41) is 11.2. The van der Waals surface area contributed by atoms with Crippen LogP contribution >= 0.6 is 22.6 Å². The molecule has 0 aliphatic carbocycles. The smallest absolute Gasteiger partial charge is 0.338 e. The predicted octanol–water partition coefficient (Wildman–Crippen LogP) is 2.94. The van der Waals surface area contributed by atoms with Gasteiger partial charge in [-0.25, -0.2) is 4.79 Å². The Kier molecular flexibility index (Phi) is 3.00. The Bertz CT molecular complexity index is 563. The van der Waals surface area contributed by atoms with Gasteiger partial charge in [0, 0.05) is 0 Å². The molecule has 0 aliphatic rings. The molecule has 0 fully saturated rings. The average Bonchev–Trinajstić information content (AvgIpc) is 2.32. The fourth-order valence-corrected chi connectivity index (χ4v) is 2.25. The summed E-state index contributed by atoms with van der Waals surface area (Å²) < 4.78 is 5.45. The summed E-state index contributed by atoms with van der Waals surface area (Å²) in [5.41, 5.74) is 0.512. The van der Waals surface area contributed by atoms with Gasteiger partial charge in [0.1, 0.15) is 5.75 Å². The minimum atomic E-state index is -0.368. The summed E-state index contributed by atoms with van der Waals surface area (Å²) in [4.78, 5) is 11.5. The summed E-state index contributed by atoms with van der Waals surface area (Å²) in [6, 6.07) is 8.65. The Morgan fingerprint density at radius 1 is 1.25 bits per heavy atom. The van der Waals surface area contributed by atoms with Crippen molar-refractivity contribution in [2.75, 3.05) is 7.11 Å². The molecular formula is C12H9IO3. The minimum Gasteiger partial charge on any atom is -0.507 e. The van der Waals surface area contributed by atoms with Gasteiger partial charge >= 0.3 is 5.97 Å². The van der Waals surface area contributed by atoms with Crippen LogP contribution in [-0.2, 0) is 4.74 Å². The lowest BCUT2D eigenvalue weighted by atomic mass is 10.0. The topological polar surface area (TPSA) is 46.5 Å². The van der Waals surface area contributed by atoms with E-state index in [4.69, 9.17) is 4.74 Å². The van der Waals surface area contributed by atoms with Crippen molar-refractivity contribution in [1.82, 2.24) is 0 Å². The lowest BCUT2D eigenvalue weighted by Crippen LogP contribution is -2.02. The molecule has 0 unspecified atom stereocenters. The van der Waals surface area contributed by atoms with Gasteiger partial charge in [0.25, 0.3) is 0 Å². The van der Waals surface area contributed by atoms with E-state index in [2.05, 4.69) is 22.6 Å². The first-order valence-corrected chi connectivity index (χ1v) is 5.71. The van der Waals surface area contributed by atoms with E-state index in [0.717, 1.165) is 14.3 Å². The van der Waals surface area contributed by atoms with E-state index in [-0.39, 0.29) is 11.7 Å². The standard InChI is InChI=1S/C12H9IO3/c1-16-12(15)9-4-2-3-8-7(9)5-6-10(14)11(8)13/h2-6,14H,1H3. The lowest BCUT2D eigenvalue weighted by Gasteiger charge is -2.07. The quantitative estimate of drug-likeness (QED) is 0.647. The number of phenols is 1. The molecule has 82 valence electrons. The zero-order valence-electron chi connectivity index (χ0n) is 8.53. The van der Waals surface area contributed by atoms with E-state index in [1.54, 1.807) is 24.3 Å². The average molecular weight is 328 g/mol. The van der Waals surface area contributed by atoms with E-state index in [9.17, 15) is 9.90 Å². The highest BCUT2D eigenvalue weighted by Crippen LogP contribution is 2.30. The van der Waals surface area contributed by atoms with Crippen LogP contribution in [0.3, 0.4) is 0 Å². The molecule has 0 aromatic heterocycles. The van der Waals surface area contributed by atoms with E-state index in [1.807, 2.05) is 6.07 Å². The van der Waals surface area contributed by atoms with Gasteiger partial charge in [-0.15, -0.1) is 0 Å². The molecule has 0 radical (unpaired) electrons. The molecule has 0 atom stereocenters. The van der Waals surface area contributed by atoms with E-state index in [0.29, 0.717) is 5.56 Å². The molecule has 16 heavy (non-hydrogen) atoms. The normalized spacial score (nSPS) is 10.4. The second-order valence-corrected chi connectivity index (χ2v) is 4.37. The maximum Gasteiger partial charge on any atom is 0.338 e. The molecule has 0 aliphatic heterocycles. The monoisotopic (exact) mass is 328 g/mol. The van der Waals surface area contributed by atoms with Gasteiger partial charge in [-0.3, -0.25) is 0 Å². The van der Waals surface area contributed by atoms with Crippen molar-refractivity contribution in [1.29, 1.82) is 0 Å². The number of esters is 1. The van der Waals surface area contributed by atoms with Crippen molar-refractivity contribution < 1.29 is 14.6 Å². The van der Waals surface area contributed by atoms with Crippen LogP contribution in [0.4, 0.5) is 0 Å². The highest BCUT2D eigenvalue weighted by atomic mass is 127. The van der Waals surface area contributed by atoms with Crippen LogP contribution in [0.5, 0.6) is 5.75 Å². The summed E-state index contributed by atoms with van der Waals surface area (Å²) in [6.07, 6.45) is 0. The zero-order chi connectivity index (χ0) is 11.7. The third-order valence-electron chi connectivity index (χ3n) is 2.38. The van der Waals surface area contributed by atoms with E-state index in [1.165, 1.54) is 7.11 Å². The Balaban J connectivity index is 2.79. The fraction of sp³-hybridized carbons (Fsp3) is 0.0833. The summed E-state index contributed by atoms with van der Waals surface area (Å²) in [6.45, 7) is 0. The zero-order valence-corrected chi connectivity index (χ0v) is 10.7. The number of carbonyl (C=O) groups excluding carboxylic acids is 1. The lowest BCUT2D eigenvalue weighted by molar-refractivity contribution is 0.0603. The summed E-state index contributed by atoms with van der Waals surface area (Å²) in [7, 11) is 1.35. The predicted molar refractivity (Wildman–Crippen MR) is 69.7 cm³/mol. The number of ether oxygens (including phenoxy) is 1. The van der Waals surface area contributed by atoms with Gasteiger partial charge in [0.15, 0.2) is 0 Å². The molecule has 0 heterocycles. The molecule has 0 saturated carbocycles. The van der Waals surface area contributed by atoms with Crippen LogP contribution in [0, 0.1) is 3.57 Å². The van der Waals surface area contributed by atoms with Crippen LogP contribution in [-0.4, -0.2) is 18.2 Å². The number of fused-ring (bicyclic) bond motifs is 1. The molecule has 4 heteroatoms. The van der Waals surface area contributed by atoms with Crippen molar-refractivity contribution in [3.8, 4) is 5.75 Å². The van der Waals surface area contributed by atoms with Gasteiger partial charge < -0.3 is 9.84 Å². The van der Waals surface area contributed by atoms with E-state index >= 15 is 0 Å². The first kappa shape index (κ1) is 11.2. The molecular weight excluding hydrogens is 319 g/mol. The number of phenolic OH excluding ortho intramolecular Hbond substituents is 1. The number of methoxy groups -OCH3 is 1. The van der Waals surface area contributed by atoms with Gasteiger partial charge in [-0.1, -0.05) is 12.1 Å². The molecule has 1 N–H and O–H groups in total. The van der Waals surface area contributed by atoms with Gasteiger partial charge in [0.2, 0.25) is 0 Å². The van der Waals surface area contributed by atoms with Gasteiger partial charge in [0.05, 0.1) is 16.2 Å². The Labute approximate surface area is 106 Å². The fourth-order valence-electron chi connectivity index (χ4n) is 1.60. The van der Waals surface area contributed by atoms with Crippen molar-refractivity contribution >= 4 is 39.3 Å². The highest BCUT2D eigenvalue weighted by molar-refractivity contribution is 14.1. The highest BCUT2D eigenvalue weighted by Gasteiger charge is 2.12. The first-order valence-electron chi connectivity index (χ1n) is 4.63. The van der Waals surface area contributed by atoms with Crippen molar-refractivity contribution in [3.63, 3.8) is 0 Å². The second-order valence-electron chi connectivity index (χ2n) is 3.29. The third kappa shape index (κ3) is 1.73. The molecule has 0 saturated heterocycles. The van der Waals surface area contributed by atoms with Crippen LogP contribution in [0.2, 0.25) is 0 Å². The Morgan fingerprint density at radius 2 is 2.00 bits per heavy atom. The number of benzene rings is 2. The van der Waals surface area contributed by atoms with Crippen LogP contribution < -0.4 is 0 Å². The maximum atomic E-state index is 11.5. The number of hydrogen-bond donors (Lipinski definition) is 1. The molecule has 0 spiro atoms. The summed E-state index contributed by atoms with van der Waals surface area (Å²) >= 11 is 2.05. The van der Waals surface area contributed by atoms with Gasteiger partial charge in [-0.05, 0) is 51.6 Å². The van der Waals surface area contributed by atoms with Crippen molar-refractivity contribution in [2.45, 2.75) is 0 Å². The van der Waals surface area contributed by atoms with Crippen LogP contribution in [0.15, 0.2) is 30.3 Å². The molecule has 2 aromatic carbocycles. The molecule has 0 bridgehead atoms. The minimum absolute atomic E-state index is 0.218. The SMILES string of the molecule is COC(=O)c1cccc2c(I)c(O)ccc12. The molecule has 3 nitrogen and oxygen atoms in total. The number of rotatable bonds is 1. The number of carbonyl (C=O) groups is 1. The van der Waals surface area contributed by atoms with Crippen molar-refractivity contribution in [2.24, 2.45) is 0 Å². The number of hydrogen-bond acceptors (Lipinski definition) is 3. The number of aromatic hydroxyl groups is 1. The molecule has 2 rings (SSSR count). The largest absolute Gasteiger partial charge is 0.507 e. The first-order chi connectivity index (χ1) is 7.65. The van der Waals surface area contributed by atoms with E-state index < -0.39 is 0 Å². The number of halogens is 1. The van der Waals surface area contributed by atoms with Crippen LogP contribution in [0.25, 0.3) is 10.8 Å². The molecule has 2 aromatic rings. The Hall–Kier alpha value is -1.30. The van der Waals surface area contributed by atoms with Gasteiger partial charge in [-0.2, -0.15) is 0 Å². The van der Waals surface area contributed by atoms with Crippen LogP contribution in [0.1, 0.15) is 10.4 Å². The second kappa shape index (κ2) is 4.29. The van der Waals surface area contributed by atoms with Crippen molar-refractivity contribution in [3.05, 3.63) is 39.5 Å². The maximum absolute atomic E-state index is 11.5. The third-order valence-corrected chi connectivity index (χ3v) is 3.51. The molecule has 0 amide bonds. The Morgan fingerprint density at radius 3 is 2.69 bits per heavy atom.